The van der Waals surface area contributed by atoms with Crippen LogP contribution in [0.1, 0.15) is 49.2 Å². The highest BCUT2D eigenvalue weighted by Gasteiger charge is 2.21. The molecule has 0 atom stereocenters. The number of halogens is 1. The van der Waals surface area contributed by atoms with E-state index in [0.29, 0.717) is 17.1 Å². The third-order valence-electron chi connectivity index (χ3n) is 6.85. The van der Waals surface area contributed by atoms with Crippen molar-refractivity contribution < 1.29 is 33.5 Å². The number of nitrogens with one attached hydrogen (secondary N) is 1. The van der Waals surface area contributed by atoms with Gasteiger partial charge in [-0.15, -0.1) is 0 Å². The number of carbonyl (C=O) groups is 2. The molecule has 46 heavy (non-hydrogen) atoms. The lowest BCUT2D eigenvalue weighted by Gasteiger charge is -2.11. The molecule has 13 heteroatoms. The van der Waals surface area contributed by atoms with Gasteiger partial charge < -0.3 is 23.6 Å². The Hall–Kier alpha value is -5.88. The molecule has 3 aromatic carbocycles. The van der Waals surface area contributed by atoms with Gasteiger partial charge in [0, 0.05) is 33.7 Å². The molecule has 0 radical (unpaired) electrons. The average Bonchev–Trinajstić information content (AvgIpc) is 3.65. The van der Waals surface area contributed by atoms with Crippen LogP contribution in [0.15, 0.2) is 94.4 Å². The number of hydrogen-bond acceptors (Lipinski definition) is 8. The number of carboxylic acids is 1. The molecule has 5 aromatic rings. The van der Waals surface area contributed by atoms with Crippen LogP contribution >= 0.6 is 11.6 Å². The van der Waals surface area contributed by atoms with Crippen molar-refractivity contribution in [3.63, 3.8) is 0 Å². The van der Waals surface area contributed by atoms with Crippen LogP contribution in [0.4, 0.5) is 5.69 Å². The Balaban J connectivity index is 1.21. The maximum Gasteiger partial charge on any atom is 0.335 e. The van der Waals surface area contributed by atoms with Gasteiger partial charge in [-0.3, -0.25) is 14.9 Å². The number of aromatic carboxylic acids is 1. The molecule has 0 saturated heterocycles. The van der Waals surface area contributed by atoms with E-state index in [1.54, 1.807) is 6.07 Å². The molecule has 0 spiro atoms. The summed E-state index contributed by atoms with van der Waals surface area (Å²) in [5, 5.41) is 24.8. The predicted molar refractivity (Wildman–Crippen MR) is 169 cm³/mol. The summed E-state index contributed by atoms with van der Waals surface area (Å²) in [6.07, 6.45) is 1.16. The first kappa shape index (κ1) is 31.5. The highest BCUT2D eigenvalue weighted by molar-refractivity contribution is 6.31. The molecule has 2 N–H and O–H groups in total. The summed E-state index contributed by atoms with van der Waals surface area (Å²) in [6.45, 7) is 4.06. The fourth-order valence-corrected chi connectivity index (χ4v) is 4.82. The van der Waals surface area contributed by atoms with Crippen LogP contribution < -0.4 is 14.9 Å². The quantitative estimate of drug-likeness (QED) is 0.0847. The second-order valence-corrected chi connectivity index (χ2v) is 10.5. The average molecular weight is 643 g/mol. The maximum absolute atomic E-state index is 12.7. The molecule has 0 bridgehead atoms. The van der Waals surface area contributed by atoms with E-state index in [1.165, 1.54) is 36.4 Å². The molecule has 0 aliphatic rings. The Morgan fingerprint density at radius 3 is 2.33 bits per heavy atom. The zero-order chi connectivity index (χ0) is 32.8. The first-order valence-electron chi connectivity index (χ1n) is 13.8. The smallest absolute Gasteiger partial charge is 0.335 e. The van der Waals surface area contributed by atoms with Crippen LogP contribution in [0.5, 0.6) is 11.5 Å². The van der Waals surface area contributed by atoms with Gasteiger partial charge in [-0.05, 0) is 86.1 Å². The van der Waals surface area contributed by atoms with E-state index >= 15 is 0 Å². The number of hydrogen-bond donors (Lipinski definition) is 2. The van der Waals surface area contributed by atoms with Crippen LogP contribution in [0.25, 0.3) is 5.69 Å². The molecule has 234 valence electrons. The molecule has 2 heterocycles. The molecule has 5 rings (SSSR count). The van der Waals surface area contributed by atoms with E-state index in [0.717, 1.165) is 29.4 Å². The first-order chi connectivity index (χ1) is 22.1. The Morgan fingerprint density at radius 2 is 1.67 bits per heavy atom. The van der Waals surface area contributed by atoms with Crippen molar-refractivity contribution in [3.8, 4) is 17.2 Å². The van der Waals surface area contributed by atoms with Crippen molar-refractivity contribution in [3.05, 3.63) is 140 Å². The van der Waals surface area contributed by atoms with E-state index in [-0.39, 0.29) is 40.9 Å². The standard InChI is InChI=1S/C33H27ClN4O8/c1-20-3-4-21(2)37(20)26-9-11-27(12-10-26)44-19-28-13-14-30(46-28)32(39)36-35-17-24-15-25(34)16-29(38(42)43)31(24)45-18-22-5-7-23(8-6-22)33(40)41/h3-17H,18-19H2,1-2H3,(H,36,39)(H,40,41)/b35-17+. The van der Waals surface area contributed by atoms with Gasteiger partial charge in [-0.25, -0.2) is 10.2 Å². The predicted octanol–water partition coefficient (Wildman–Crippen LogP) is 6.87. The number of rotatable bonds is 12. The molecule has 2 aromatic heterocycles. The lowest BCUT2D eigenvalue weighted by Crippen LogP contribution is -2.17. The Morgan fingerprint density at radius 1 is 0.978 bits per heavy atom. The number of hydrazone groups is 1. The van der Waals surface area contributed by atoms with Gasteiger partial charge in [-0.1, -0.05) is 23.7 Å². The molecule has 12 nitrogen and oxygen atoms in total. The van der Waals surface area contributed by atoms with Gasteiger partial charge in [0.15, 0.2) is 5.76 Å². The SMILES string of the molecule is Cc1ccc(C)n1-c1ccc(OCc2ccc(C(=O)N/N=C/c3cc(Cl)cc([N+](=O)[O-])c3OCc3ccc(C(=O)O)cc3)o2)cc1. The highest BCUT2D eigenvalue weighted by atomic mass is 35.5. The molecule has 0 unspecified atom stereocenters. The minimum atomic E-state index is -1.08. The summed E-state index contributed by atoms with van der Waals surface area (Å²) in [7, 11) is 0. The van der Waals surface area contributed by atoms with Crippen molar-refractivity contribution in [1.29, 1.82) is 0 Å². The van der Waals surface area contributed by atoms with E-state index in [1.807, 2.05) is 38.1 Å². The molecular weight excluding hydrogens is 616 g/mol. The zero-order valence-electron chi connectivity index (χ0n) is 24.6. The maximum atomic E-state index is 12.7. The highest BCUT2D eigenvalue weighted by Crippen LogP contribution is 2.34. The van der Waals surface area contributed by atoms with Crippen LogP contribution in [0, 0.1) is 24.0 Å². The van der Waals surface area contributed by atoms with E-state index < -0.39 is 22.5 Å². The number of carbonyl (C=O) groups excluding carboxylic acids is 1. The molecule has 0 aliphatic carbocycles. The largest absolute Gasteiger partial charge is 0.486 e. The normalized spacial score (nSPS) is 11.0. The molecule has 0 fully saturated rings. The summed E-state index contributed by atoms with van der Waals surface area (Å²) in [5.74, 6) is -0.874. The topological polar surface area (TPSA) is 158 Å². The van der Waals surface area contributed by atoms with Crippen LogP contribution in [-0.4, -0.2) is 32.7 Å². The number of nitrogens with zero attached hydrogens (tertiary/aromatic N) is 3. The number of nitro groups is 1. The number of aromatic nitrogens is 1. The zero-order valence-corrected chi connectivity index (χ0v) is 25.4. The van der Waals surface area contributed by atoms with Crippen molar-refractivity contribution in [2.45, 2.75) is 27.1 Å². The summed E-state index contributed by atoms with van der Waals surface area (Å²) >= 11 is 6.10. The van der Waals surface area contributed by atoms with Crippen molar-refractivity contribution in [2.24, 2.45) is 5.10 Å². The van der Waals surface area contributed by atoms with Crippen LogP contribution in [0.3, 0.4) is 0 Å². The summed E-state index contributed by atoms with van der Waals surface area (Å²) in [4.78, 5) is 34.8. The van der Waals surface area contributed by atoms with Gasteiger partial charge in [-0.2, -0.15) is 5.10 Å². The van der Waals surface area contributed by atoms with Crippen molar-refractivity contribution in [1.82, 2.24) is 9.99 Å². The molecular formula is C33H27ClN4O8. The number of carboxylic acid groups (broad SMARTS) is 1. The fraction of sp³-hybridized carbons (Fsp3) is 0.121. The second-order valence-electron chi connectivity index (χ2n) is 10.1. The minimum absolute atomic E-state index is 0.0250. The van der Waals surface area contributed by atoms with Crippen molar-refractivity contribution in [2.75, 3.05) is 0 Å². The van der Waals surface area contributed by atoms with Gasteiger partial charge in [0.05, 0.1) is 16.7 Å². The molecule has 1 amide bonds. The van der Waals surface area contributed by atoms with Gasteiger partial charge in [0.2, 0.25) is 5.75 Å². The van der Waals surface area contributed by atoms with Gasteiger partial charge >= 0.3 is 17.6 Å². The van der Waals surface area contributed by atoms with Crippen LogP contribution in [0.2, 0.25) is 5.02 Å². The third kappa shape index (κ3) is 7.42. The lowest BCUT2D eigenvalue weighted by molar-refractivity contribution is -0.385. The summed E-state index contributed by atoms with van der Waals surface area (Å²) in [5.41, 5.74) is 5.96. The molecule has 0 aliphatic heterocycles. The number of aryl methyl sites for hydroxylation is 2. The minimum Gasteiger partial charge on any atom is -0.486 e. The van der Waals surface area contributed by atoms with E-state index in [2.05, 4.69) is 27.2 Å². The Bertz CT molecular complexity index is 1910. The van der Waals surface area contributed by atoms with Gasteiger partial charge in [0.25, 0.3) is 0 Å². The summed E-state index contributed by atoms with van der Waals surface area (Å²) in [6, 6.07) is 23.2. The fourth-order valence-electron chi connectivity index (χ4n) is 4.60. The Labute approximate surface area is 267 Å². The van der Waals surface area contributed by atoms with Crippen molar-refractivity contribution >= 4 is 35.4 Å². The first-order valence-corrected chi connectivity index (χ1v) is 14.2. The van der Waals surface area contributed by atoms with E-state index in [4.69, 9.17) is 30.6 Å². The lowest BCUT2D eigenvalue weighted by atomic mass is 10.1. The Kier molecular flexibility index (Phi) is 9.48. The monoisotopic (exact) mass is 642 g/mol. The second kappa shape index (κ2) is 13.8. The van der Waals surface area contributed by atoms with Gasteiger partial charge in [0.1, 0.15) is 24.7 Å². The number of benzene rings is 3. The molecule has 0 saturated carbocycles. The summed E-state index contributed by atoms with van der Waals surface area (Å²) < 4.78 is 19.3. The third-order valence-corrected chi connectivity index (χ3v) is 7.06. The number of nitro benzene ring substituents is 1. The van der Waals surface area contributed by atoms with Crippen LogP contribution in [-0.2, 0) is 13.2 Å². The number of furan rings is 1. The van der Waals surface area contributed by atoms with E-state index in [9.17, 15) is 19.7 Å². The number of ether oxygens (including phenoxy) is 2. The number of amides is 1.